The van der Waals surface area contributed by atoms with Gasteiger partial charge in [-0.2, -0.15) is 0 Å². The molecule has 94 valence electrons. The van der Waals surface area contributed by atoms with Crippen LogP contribution in [0.15, 0.2) is 22.8 Å². The van der Waals surface area contributed by atoms with Crippen LogP contribution in [0.1, 0.15) is 65.7 Å². The molecule has 0 radical (unpaired) electrons. The summed E-state index contributed by atoms with van der Waals surface area (Å²) in [6.45, 7) is 6.41. The second kappa shape index (κ2) is 4.80. The molecule has 17 heavy (non-hydrogen) atoms. The Balaban J connectivity index is 2.35. The summed E-state index contributed by atoms with van der Waals surface area (Å²) in [6, 6.07) is 0. The molecule has 0 amide bonds. The van der Waals surface area contributed by atoms with Gasteiger partial charge in [0, 0.05) is 0 Å². The van der Waals surface area contributed by atoms with Crippen molar-refractivity contribution >= 4 is 5.78 Å². The highest BCUT2D eigenvalue weighted by Crippen LogP contribution is 2.45. The first-order chi connectivity index (χ1) is 8.00. The smallest absolute Gasteiger partial charge is 0.155 e. The van der Waals surface area contributed by atoms with Crippen LogP contribution in [0, 0.1) is 5.41 Å². The van der Waals surface area contributed by atoms with Crippen LogP contribution < -0.4 is 0 Å². The average Bonchev–Trinajstić information content (AvgIpc) is 2.19. The molecule has 1 heteroatoms. The Morgan fingerprint density at radius 3 is 2.65 bits per heavy atom. The first kappa shape index (κ1) is 12.6. The highest BCUT2D eigenvalue weighted by Gasteiger charge is 2.30. The van der Waals surface area contributed by atoms with Crippen LogP contribution in [0.3, 0.4) is 0 Å². The third-order valence-corrected chi connectivity index (χ3v) is 4.42. The monoisotopic (exact) mass is 232 g/mol. The number of allylic oxidation sites excluding steroid dienone is 4. The van der Waals surface area contributed by atoms with Crippen molar-refractivity contribution < 1.29 is 4.79 Å². The molecule has 0 heterocycles. The van der Waals surface area contributed by atoms with Crippen molar-refractivity contribution in [3.05, 3.63) is 22.8 Å². The van der Waals surface area contributed by atoms with Gasteiger partial charge in [-0.1, -0.05) is 31.1 Å². The van der Waals surface area contributed by atoms with E-state index in [9.17, 15) is 4.79 Å². The highest BCUT2D eigenvalue weighted by molar-refractivity contribution is 5.93. The van der Waals surface area contributed by atoms with Gasteiger partial charge in [-0.3, -0.25) is 4.79 Å². The molecule has 0 saturated heterocycles. The molecule has 0 aromatic carbocycles. The topological polar surface area (TPSA) is 17.1 Å². The molecule has 2 rings (SSSR count). The van der Waals surface area contributed by atoms with Gasteiger partial charge in [-0.25, -0.2) is 0 Å². The van der Waals surface area contributed by atoms with Crippen molar-refractivity contribution in [2.24, 2.45) is 5.41 Å². The number of rotatable bonds is 1. The van der Waals surface area contributed by atoms with Gasteiger partial charge in [0.1, 0.15) is 0 Å². The van der Waals surface area contributed by atoms with Crippen LogP contribution in [0.25, 0.3) is 0 Å². The molecule has 0 spiro atoms. The predicted octanol–water partition coefficient (Wildman–Crippen LogP) is 4.58. The Bertz CT molecular complexity index is 382. The zero-order valence-corrected chi connectivity index (χ0v) is 11.4. The minimum absolute atomic E-state index is 0.264. The Labute approximate surface area is 105 Å². The largest absolute Gasteiger partial charge is 0.295 e. The van der Waals surface area contributed by atoms with Crippen molar-refractivity contribution in [2.75, 3.05) is 0 Å². The zero-order valence-electron chi connectivity index (χ0n) is 11.4. The lowest BCUT2D eigenvalue weighted by Crippen LogP contribution is -2.23. The molecule has 0 aliphatic heterocycles. The molecule has 0 saturated carbocycles. The minimum atomic E-state index is 0.264. The Kier molecular flexibility index (Phi) is 3.56. The summed E-state index contributed by atoms with van der Waals surface area (Å²) in [5.41, 5.74) is 4.59. The van der Waals surface area contributed by atoms with Gasteiger partial charge >= 0.3 is 0 Å². The lowest BCUT2D eigenvalue weighted by Gasteiger charge is -2.36. The maximum absolute atomic E-state index is 11.7. The minimum Gasteiger partial charge on any atom is -0.295 e. The highest BCUT2D eigenvalue weighted by atomic mass is 16.1. The summed E-state index contributed by atoms with van der Waals surface area (Å²) in [7, 11) is 0. The van der Waals surface area contributed by atoms with Crippen LogP contribution in [-0.2, 0) is 4.79 Å². The van der Waals surface area contributed by atoms with Gasteiger partial charge < -0.3 is 0 Å². The van der Waals surface area contributed by atoms with Gasteiger partial charge in [-0.05, 0) is 62.9 Å². The lowest BCUT2D eigenvalue weighted by molar-refractivity contribution is -0.113. The van der Waals surface area contributed by atoms with Crippen molar-refractivity contribution in [3.63, 3.8) is 0 Å². The standard InChI is InChI=1S/C16H24O/c1-12(17)14-8-5-4-7-13-9-6-10-16(2,3)15(13)11-14/h8H,4-7,9-11H2,1-3H3/b14-8+. The average molecular weight is 232 g/mol. The van der Waals surface area contributed by atoms with E-state index in [-0.39, 0.29) is 5.78 Å². The summed E-state index contributed by atoms with van der Waals surface area (Å²) in [5.74, 6) is 0.264. The lowest BCUT2D eigenvalue weighted by atomic mass is 9.68. The van der Waals surface area contributed by atoms with Crippen LogP contribution in [0.5, 0.6) is 0 Å². The van der Waals surface area contributed by atoms with E-state index in [0.29, 0.717) is 5.41 Å². The van der Waals surface area contributed by atoms with E-state index in [4.69, 9.17) is 0 Å². The number of Topliss-reactive ketones (excluding diaryl/α,β-unsaturated/α-hetero) is 1. The van der Waals surface area contributed by atoms with E-state index < -0.39 is 0 Å². The fourth-order valence-corrected chi connectivity index (χ4v) is 3.29. The Hall–Kier alpha value is -0.850. The Morgan fingerprint density at radius 2 is 1.94 bits per heavy atom. The molecular weight excluding hydrogens is 208 g/mol. The fraction of sp³-hybridized carbons (Fsp3) is 0.688. The SMILES string of the molecule is CC(=O)/C1=C/CCCC2=C(C1)C(C)(C)CCC2. The van der Waals surface area contributed by atoms with E-state index in [1.807, 2.05) is 0 Å². The molecule has 0 atom stereocenters. The summed E-state index contributed by atoms with van der Waals surface area (Å²) in [5, 5.41) is 0. The van der Waals surface area contributed by atoms with Crippen LogP contribution in [-0.4, -0.2) is 5.78 Å². The van der Waals surface area contributed by atoms with Gasteiger partial charge in [0.05, 0.1) is 0 Å². The molecule has 0 bridgehead atoms. The van der Waals surface area contributed by atoms with Crippen LogP contribution in [0.4, 0.5) is 0 Å². The molecule has 1 nitrogen and oxygen atoms in total. The second-order valence-corrected chi connectivity index (χ2v) is 6.17. The maximum Gasteiger partial charge on any atom is 0.155 e. The summed E-state index contributed by atoms with van der Waals surface area (Å²) in [4.78, 5) is 11.7. The molecule has 0 fully saturated rings. The number of carbonyl (C=O) groups excluding carboxylic acids is 1. The third kappa shape index (κ3) is 2.70. The van der Waals surface area contributed by atoms with E-state index >= 15 is 0 Å². The third-order valence-electron chi connectivity index (χ3n) is 4.42. The molecule has 2 aliphatic carbocycles. The first-order valence-electron chi connectivity index (χ1n) is 6.92. The quantitative estimate of drug-likeness (QED) is 0.605. The van der Waals surface area contributed by atoms with E-state index in [0.717, 1.165) is 18.4 Å². The van der Waals surface area contributed by atoms with Gasteiger partial charge in [0.2, 0.25) is 0 Å². The van der Waals surface area contributed by atoms with Crippen molar-refractivity contribution in [3.8, 4) is 0 Å². The fourth-order valence-electron chi connectivity index (χ4n) is 3.29. The summed E-state index contributed by atoms with van der Waals surface area (Å²) >= 11 is 0. The van der Waals surface area contributed by atoms with Gasteiger partial charge in [-0.15, -0.1) is 0 Å². The molecule has 2 aliphatic rings. The van der Waals surface area contributed by atoms with E-state index in [2.05, 4.69) is 19.9 Å². The molecular formula is C16H24O. The molecule has 0 unspecified atom stereocenters. The Morgan fingerprint density at radius 1 is 1.24 bits per heavy atom. The zero-order chi connectivity index (χ0) is 12.5. The van der Waals surface area contributed by atoms with Gasteiger partial charge in [0.15, 0.2) is 5.78 Å². The summed E-state index contributed by atoms with van der Waals surface area (Å²) < 4.78 is 0. The van der Waals surface area contributed by atoms with Crippen molar-refractivity contribution in [1.82, 2.24) is 0 Å². The summed E-state index contributed by atoms with van der Waals surface area (Å²) in [6.07, 6.45) is 10.5. The maximum atomic E-state index is 11.7. The first-order valence-corrected chi connectivity index (χ1v) is 6.92. The normalized spacial score (nSPS) is 27.6. The molecule has 0 aromatic heterocycles. The van der Waals surface area contributed by atoms with Crippen molar-refractivity contribution in [1.29, 1.82) is 0 Å². The molecule has 0 aromatic rings. The number of hydrogen-bond donors (Lipinski definition) is 0. The molecule has 0 N–H and O–H groups in total. The second-order valence-electron chi connectivity index (χ2n) is 6.17. The van der Waals surface area contributed by atoms with E-state index in [1.54, 1.807) is 18.1 Å². The number of hydrogen-bond acceptors (Lipinski definition) is 1. The van der Waals surface area contributed by atoms with Crippen LogP contribution >= 0.6 is 0 Å². The number of carbonyl (C=O) groups is 1. The van der Waals surface area contributed by atoms with Crippen molar-refractivity contribution in [2.45, 2.75) is 65.7 Å². The van der Waals surface area contributed by atoms with Gasteiger partial charge in [0.25, 0.3) is 0 Å². The number of ketones is 1. The predicted molar refractivity (Wildman–Crippen MR) is 71.9 cm³/mol. The van der Waals surface area contributed by atoms with E-state index in [1.165, 1.54) is 32.1 Å². The van der Waals surface area contributed by atoms with Crippen LogP contribution in [0.2, 0.25) is 0 Å².